The van der Waals surface area contributed by atoms with Crippen molar-refractivity contribution in [3.05, 3.63) is 152 Å². The molecule has 0 saturated heterocycles. The van der Waals surface area contributed by atoms with Gasteiger partial charge < -0.3 is 4.57 Å². The van der Waals surface area contributed by atoms with Crippen LogP contribution in [0.2, 0.25) is 0 Å². The lowest BCUT2D eigenvalue weighted by molar-refractivity contribution is 1.20. The Labute approximate surface area is 269 Å². The number of thiophene rings is 1. The molecule has 1 aliphatic carbocycles. The number of para-hydroxylation sites is 1. The highest BCUT2D eigenvalue weighted by molar-refractivity contribution is 7.25. The monoisotopic (exact) mass is 599 g/mol. The summed E-state index contributed by atoms with van der Waals surface area (Å²) in [7, 11) is 0. The van der Waals surface area contributed by atoms with E-state index in [1.54, 1.807) is 0 Å². The molecular formula is C44H25NS. The summed E-state index contributed by atoms with van der Waals surface area (Å²) in [6.07, 6.45) is 0. The molecule has 2 heteroatoms. The Morgan fingerprint density at radius 1 is 0.326 bits per heavy atom. The summed E-state index contributed by atoms with van der Waals surface area (Å²) in [5, 5.41) is 10.5. The SMILES string of the molecule is c1ccc2c(c1)-c1cccc3c(-c4ccc(-n5c6ccccc6c6cc7c(cc65)sc5ccccc57)c5ccccc45)ccc-2c13. The number of aromatic nitrogens is 1. The van der Waals surface area contributed by atoms with Crippen LogP contribution in [-0.4, -0.2) is 4.57 Å². The summed E-state index contributed by atoms with van der Waals surface area (Å²) in [4.78, 5) is 0. The fourth-order valence-corrected chi connectivity index (χ4v) is 9.32. The van der Waals surface area contributed by atoms with Crippen molar-refractivity contribution < 1.29 is 0 Å². The number of fused-ring (bicyclic) bond motifs is 10. The van der Waals surface area contributed by atoms with Crippen molar-refractivity contribution in [3.8, 4) is 39.1 Å². The highest BCUT2D eigenvalue weighted by atomic mass is 32.1. The molecule has 11 rings (SSSR count). The summed E-state index contributed by atoms with van der Waals surface area (Å²) < 4.78 is 5.15. The zero-order chi connectivity index (χ0) is 29.9. The largest absolute Gasteiger partial charge is 0.309 e. The molecule has 0 N–H and O–H groups in total. The average Bonchev–Trinajstić information content (AvgIpc) is 3.75. The predicted octanol–water partition coefficient (Wildman–Crippen LogP) is 12.8. The van der Waals surface area contributed by atoms with Gasteiger partial charge in [0.05, 0.1) is 16.7 Å². The molecule has 0 bridgehead atoms. The first-order valence-corrected chi connectivity index (χ1v) is 16.7. The number of benzene rings is 8. The quantitative estimate of drug-likeness (QED) is 0.186. The molecule has 0 unspecified atom stereocenters. The fourth-order valence-electron chi connectivity index (χ4n) is 8.20. The van der Waals surface area contributed by atoms with E-state index in [9.17, 15) is 0 Å². The fraction of sp³-hybridized carbons (Fsp3) is 0. The van der Waals surface area contributed by atoms with Gasteiger partial charge in [0.2, 0.25) is 0 Å². The van der Waals surface area contributed by atoms with Gasteiger partial charge in [-0.1, -0.05) is 121 Å². The van der Waals surface area contributed by atoms with Crippen LogP contribution in [0.5, 0.6) is 0 Å². The van der Waals surface area contributed by atoms with Gasteiger partial charge in [-0.2, -0.15) is 0 Å². The summed E-state index contributed by atoms with van der Waals surface area (Å²) in [6, 6.07) is 56.4. The third kappa shape index (κ3) is 3.14. The summed E-state index contributed by atoms with van der Waals surface area (Å²) >= 11 is 1.88. The molecule has 8 aromatic carbocycles. The van der Waals surface area contributed by atoms with E-state index >= 15 is 0 Å². The van der Waals surface area contributed by atoms with E-state index in [4.69, 9.17) is 0 Å². The second-order valence-corrected chi connectivity index (χ2v) is 13.5. The van der Waals surface area contributed by atoms with E-state index in [1.165, 1.54) is 103 Å². The van der Waals surface area contributed by atoms with Crippen LogP contribution in [0.3, 0.4) is 0 Å². The molecule has 2 aromatic heterocycles. The Kier molecular flexibility index (Phi) is 4.78. The normalized spacial score (nSPS) is 12.3. The second-order valence-electron chi connectivity index (χ2n) is 12.4. The maximum atomic E-state index is 2.49. The van der Waals surface area contributed by atoms with Gasteiger partial charge in [-0.3, -0.25) is 0 Å². The first kappa shape index (κ1) is 24.6. The average molecular weight is 600 g/mol. The van der Waals surface area contributed by atoms with Crippen molar-refractivity contribution in [1.29, 1.82) is 0 Å². The molecule has 0 spiro atoms. The number of hydrogen-bond acceptors (Lipinski definition) is 1. The van der Waals surface area contributed by atoms with Gasteiger partial charge in [-0.15, -0.1) is 11.3 Å². The molecule has 2 heterocycles. The van der Waals surface area contributed by atoms with E-state index in [2.05, 4.69) is 156 Å². The number of nitrogens with zero attached hydrogens (tertiary/aromatic N) is 1. The molecule has 46 heavy (non-hydrogen) atoms. The van der Waals surface area contributed by atoms with Crippen molar-refractivity contribution in [2.75, 3.05) is 0 Å². The molecule has 0 aliphatic heterocycles. The van der Waals surface area contributed by atoms with Crippen molar-refractivity contribution in [1.82, 2.24) is 4.57 Å². The van der Waals surface area contributed by atoms with Gasteiger partial charge in [0, 0.05) is 36.3 Å². The molecule has 0 radical (unpaired) electrons. The van der Waals surface area contributed by atoms with Crippen LogP contribution in [0.4, 0.5) is 0 Å². The van der Waals surface area contributed by atoms with Crippen LogP contribution in [-0.2, 0) is 0 Å². The molecule has 212 valence electrons. The molecule has 1 aliphatic rings. The van der Waals surface area contributed by atoms with Gasteiger partial charge >= 0.3 is 0 Å². The van der Waals surface area contributed by atoms with Crippen molar-refractivity contribution >= 4 is 74.9 Å². The van der Waals surface area contributed by atoms with E-state index in [1.807, 2.05) is 11.3 Å². The molecule has 0 amide bonds. The Hall–Kier alpha value is -5.70. The smallest absolute Gasteiger partial charge is 0.0555 e. The van der Waals surface area contributed by atoms with E-state index in [0.29, 0.717) is 0 Å². The van der Waals surface area contributed by atoms with Crippen LogP contribution >= 0.6 is 11.3 Å². The van der Waals surface area contributed by atoms with Gasteiger partial charge in [-0.25, -0.2) is 0 Å². The Morgan fingerprint density at radius 2 is 0.935 bits per heavy atom. The van der Waals surface area contributed by atoms with Crippen LogP contribution in [0.15, 0.2) is 152 Å². The predicted molar refractivity (Wildman–Crippen MR) is 199 cm³/mol. The number of hydrogen-bond donors (Lipinski definition) is 0. The molecule has 10 aromatic rings. The van der Waals surface area contributed by atoms with Crippen molar-refractivity contribution in [2.24, 2.45) is 0 Å². The Balaban J connectivity index is 1.20. The third-order valence-electron chi connectivity index (χ3n) is 10.2. The van der Waals surface area contributed by atoms with E-state index in [0.717, 1.165) is 0 Å². The molecule has 1 nitrogen and oxygen atoms in total. The molecule has 0 saturated carbocycles. The highest BCUT2D eigenvalue weighted by Crippen LogP contribution is 2.50. The lowest BCUT2D eigenvalue weighted by atomic mass is 9.91. The van der Waals surface area contributed by atoms with Crippen LogP contribution < -0.4 is 0 Å². The molecule has 0 fully saturated rings. The second kappa shape index (κ2) is 8.94. The van der Waals surface area contributed by atoms with Gasteiger partial charge in [0.1, 0.15) is 0 Å². The summed E-state index contributed by atoms with van der Waals surface area (Å²) in [6.45, 7) is 0. The first-order chi connectivity index (χ1) is 22.8. The maximum Gasteiger partial charge on any atom is 0.0555 e. The van der Waals surface area contributed by atoms with E-state index in [-0.39, 0.29) is 0 Å². The zero-order valence-corrected chi connectivity index (χ0v) is 25.6. The van der Waals surface area contributed by atoms with Crippen molar-refractivity contribution in [3.63, 3.8) is 0 Å². The molecular weight excluding hydrogens is 575 g/mol. The zero-order valence-electron chi connectivity index (χ0n) is 24.8. The van der Waals surface area contributed by atoms with Crippen molar-refractivity contribution in [2.45, 2.75) is 0 Å². The lowest BCUT2D eigenvalue weighted by Gasteiger charge is -2.16. The number of rotatable bonds is 2. The minimum absolute atomic E-state index is 1.21. The van der Waals surface area contributed by atoms with Crippen LogP contribution in [0.25, 0.3) is 103 Å². The van der Waals surface area contributed by atoms with Gasteiger partial charge in [0.15, 0.2) is 0 Å². The Morgan fingerprint density at radius 3 is 1.80 bits per heavy atom. The standard InChI is InChI=1S/C44H25NS/c1-2-12-28-27(11-1)34-16-9-17-35-30(20-21-36(28)44(34)35)29-22-23-40(31-13-4-3-10-26(29)31)45-39-18-7-5-14-32(39)37-24-38-33-15-6-8-19-42(33)46-43(38)25-41(37)45/h1-25H. The lowest BCUT2D eigenvalue weighted by Crippen LogP contribution is -1.96. The third-order valence-corrected chi connectivity index (χ3v) is 11.3. The summed E-state index contributed by atoms with van der Waals surface area (Å²) in [5.74, 6) is 0. The maximum absolute atomic E-state index is 2.49. The Bertz CT molecular complexity index is 2890. The van der Waals surface area contributed by atoms with Crippen LogP contribution in [0, 0.1) is 0 Å². The minimum Gasteiger partial charge on any atom is -0.309 e. The van der Waals surface area contributed by atoms with E-state index < -0.39 is 0 Å². The topological polar surface area (TPSA) is 4.93 Å². The minimum atomic E-state index is 1.21. The highest BCUT2D eigenvalue weighted by Gasteiger charge is 2.23. The first-order valence-electron chi connectivity index (χ1n) is 15.9. The van der Waals surface area contributed by atoms with Crippen LogP contribution in [0.1, 0.15) is 0 Å². The van der Waals surface area contributed by atoms with Gasteiger partial charge in [-0.05, 0) is 79.9 Å². The van der Waals surface area contributed by atoms with Gasteiger partial charge in [0.25, 0.3) is 0 Å². The molecule has 0 atom stereocenters. The summed E-state index contributed by atoms with van der Waals surface area (Å²) in [5.41, 5.74) is 11.6.